The number of nitrogens with zero attached hydrogens (tertiary/aromatic N) is 7. The maximum atomic E-state index is 14.0. The van der Waals surface area contributed by atoms with Gasteiger partial charge in [0.15, 0.2) is 0 Å². The minimum absolute atomic E-state index is 0.0632. The van der Waals surface area contributed by atoms with E-state index in [0.29, 0.717) is 43.1 Å². The van der Waals surface area contributed by atoms with E-state index in [4.69, 9.17) is 5.26 Å². The molecule has 47 heavy (non-hydrogen) atoms. The number of alkyl halides is 3. The number of hydrogen-bond donors (Lipinski definition) is 2. The highest BCUT2D eigenvalue weighted by Crippen LogP contribution is 2.35. The summed E-state index contributed by atoms with van der Waals surface area (Å²) >= 11 is 0. The topological polar surface area (TPSA) is 115 Å². The van der Waals surface area contributed by atoms with Gasteiger partial charge in [-0.05, 0) is 56.3 Å². The standard InChI is InChI=1S/C34H34F3N9O/c1-23-5-7-27(32(47)42-29-10-9-28(30(18-29)34(35,36)37)22-45-15-13-44(3)14-16-45)17-26(23)8-6-25-19-39-33(40-20-25)43-31-21-41-46(24(31)2)12-4-11-38/h5,7,9-10,17-21H,4,12-16,22H2,1-3H3,(H,42,47)(H,39,40,43). The van der Waals surface area contributed by atoms with Crippen LogP contribution in [0.4, 0.5) is 30.5 Å². The van der Waals surface area contributed by atoms with Crippen LogP contribution in [-0.4, -0.2) is 68.7 Å². The summed E-state index contributed by atoms with van der Waals surface area (Å²) in [6.45, 7) is 7.41. The molecule has 13 heteroatoms. The molecule has 1 fully saturated rings. The zero-order chi connectivity index (χ0) is 33.6. The van der Waals surface area contributed by atoms with E-state index in [9.17, 15) is 18.0 Å². The van der Waals surface area contributed by atoms with Crippen LogP contribution in [0.2, 0.25) is 0 Å². The number of nitrogens with one attached hydrogen (secondary N) is 2. The van der Waals surface area contributed by atoms with Crippen molar-refractivity contribution in [3.8, 4) is 17.9 Å². The molecule has 0 atom stereocenters. The minimum Gasteiger partial charge on any atom is -0.322 e. The van der Waals surface area contributed by atoms with Crippen molar-refractivity contribution in [3.63, 3.8) is 0 Å². The number of hydrogen-bond acceptors (Lipinski definition) is 8. The lowest BCUT2D eigenvalue weighted by Gasteiger charge is -2.33. The van der Waals surface area contributed by atoms with Gasteiger partial charge in [0, 0.05) is 61.9 Å². The number of amides is 1. The van der Waals surface area contributed by atoms with Crippen LogP contribution in [0, 0.1) is 37.0 Å². The van der Waals surface area contributed by atoms with Crippen LogP contribution >= 0.6 is 0 Å². The predicted molar refractivity (Wildman–Crippen MR) is 172 cm³/mol. The van der Waals surface area contributed by atoms with Crippen molar-refractivity contribution in [2.45, 2.75) is 39.5 Å². The molecule has 0 saturated carbocycles. The van der Waals surface area contributed by atoms with Crippen LogP contribution < -0.4 is 10.6 Å². The molecular weight excluding hydrogens is 607 g/mol. The van der Waals surface area contributed by atoms with Crippen LogP contribution in [-0.2, 0) is 19.3 Å². The zero-order valence-electron chi connectivity index (χ0n) is 26.3. The summed E-state index contributed by atoms with van der Waals surface area (Å²) in [5.41, 5.74) is 3.28. The van der Waals surface area contributed by atoms with Gasteiger partial charge in [0.05, 0.1) is 47.7 Å². The third kappa shape index (κ3) is 8.52. The monoisotopic (exact) mass is 641 g/mol. The van der Waals surface area contributed by atoms with Crippen LogP contribution in [0.5, 0.6) is 0 Å². The molecule has 2 aromatic carbocycles. The van der Waals surface area contributed by atoms with E-state index >= 15 is 0 Å². The van der Waals surface area contributed by atoms with Gasteiger partial charge in [-0.1, -0.05) is 24.0 Å². The van der Waals surface area contributed by atoms with Crippen molar-refractivity contribution < 1.29 is 18.0 Å². The SMILES string of the molecule is Cc1ccc(C(=O)Nc2ccc(CN3CCN(C)CC3)c(C(F)(F)F)c2)cc1C#Cc1cnc(Nc2cnn(CCC#N)c2C)nc1. The Hall–Kier alpha value is -5.24. The van der Waals surface area contributed by atoms with Crippen LogP contribution in [0.15, 0.2) is 55.0 Å². The highest BCUT2D eigenvalue weighted by molar-refractivity contribution is 6.04. The second kappa shape index (κ2) is 14.5. The normalized spacial score (nSPS) is 13.8. The Morgan fingerprint density at radius 1 is 1.00 bits per heavy atom. The summed E-state index contributed by atoms with van der Waals surface area (Å²) < 4.78 is 43.8. The Kier molecular flexibility index (Phi) is 10.2. The molecule has 0 bridgehead atoms. The summed E-state index contributed by atoms with van der Waals surface area (Å²) in [7, 11) is 1.99. The van der Waals surface area contributed by atoms with Crippen molar-refractivity contribution in [3.05, 3.63) is 94.1 Å². The average Bonchev–Trinajstić information content (AvgIpc) is 3.39. The second-order valence-corrected chi connectivity index (χ2v) is 11.4. The number of likely N-dealkylation sites (N-methyl/N-ethyl adjacent to an activating group) is 1. The fourth-order valence-electron chi connectivity index (χ4n) is 5.07. The van der Waals surface area contributed by atoms with Crippen LogP contribution in [0.25, 0.3) is 0 Å². The molecule has 1 aliphatic heterocycles. The smallest absolute Gasteiger partial charge is 0.322 e. The first kappa shape index (κ1) is 33.1. The average molecular weight is 642 g/mol. The molecule has 10 nitrogen and oxygen atoms in total. The fourth-order valence-corrected chi connectivity index (χ4v) is 5.07. The van der Waals surface area contributed by atoms with Gasteiger partial charge in [-0.25, -0.2) is 9.97 Å². The summed E-state index contributed by atoms with van der Waals surface area (Å²) in [6.07, 6.45) is 0.571. The first-order valence-electron chi connectivity index (χ1n) is 15.0. The number of halogens is 3. The maximum absolute atomic E-state index is 14.0. The largest absolute Gasteiger partial charge is 0.416 e. The van der Waals surface area contributed by atoms with Gasteiger partial charge in [0.25, 0.3) is 5.91 Å². The number of aromatic nitrogens is 4. The molecule has 5 rings (SSSR count). The summed E-state index contributed by atoms with van der Waals surface area (Å²) in [4.78, 5) is 25.9. The van der Waals surface area contributed by atoms with E-state index in [2.05, 4.69) is 48.5 Å². The number of rotatable bonds is 8. The number of carbonyl (C=O) groups is 1. The van der Waals surface area contributed by atoms with Gasteiger partial charge >= 0.3 is 6.18 Å². The number of aryl methyl sites for hydroxylation is 2. The molecule has 4 aromatic rings. The van der Waals surface area contributed by atoms with E-state index in [-0.39, 0.29) is 23.4 Å². The molecular formula is C34H34F3N9O. The highest BCUT2D eigenvalue weighted by atomic mass is 19.4. The molecule has 0 radical (unpaired) electrons. The molecule has 1 saturated heterocycles. The van der Waals surface area contributed by atoms with Crippen LogP contribution in [0.1, 0.15) is 50.3 Å². The first-order chi connectivity index (χ1) is 22.5. The Balaban J connectivity index is 1.26. The van der Waals surface area contributed by atoms with E-state index < -0.39 is 17.6 Å². The summed E-state index contributed by atoms with van der Waals surface area (Å²) in [5, 5.41) is 18.8. The van der Waals surface area contributed by atoms with Gasteiger partial charge in [0.1, 0.15) is 0 Å². The van der Waals surface area contributed by atoms with Gasteiger partial charge < -0.3 is 15.5 Å². The number of carbonyl (C=O) groups excluding carboxylic acids is 1. The maximum Gasteiger partial charge on any atom is 0.416 e. The summed E-state index contributed by atoms with van der Waals surface area (Å²) in [6, 6.07) is 11.0. The van der Waals surface area contributed by atoms with Crippen molar-refractivity contribution in [1.82, 2.24) is 29.5 Å². The zero-order valence-corrected chi connectivity index (χ0v) is 26.3. The van der Waals surface area contributed by atoms with Crippen molar-refractivity contribution in [1.29, 1.82) is 5.26 Å². The quantitative estimate of drug-likeness (QED) is 0.247. The Labute approximate surface area is 271 Å². The van der Waals surface area contributed by atoms with Crippen molar-refractivity contribution >= 4 is 23.2 Å². The number of anilines is 3. The lowest BCUT2D eigenvalue weighted by molar-refractivity contribution is -0.138. The lowest BCUT2D eigenvalue weighted by atomic mass is 10.0. The first-order valence-corrected chi connectivity index (χ1v) is 15.0. The highest BCUT2D eigenvalue weighted by Gasteiger charge is 2.34. The molecule has 2 N–H and O–H groups in total. The van der Waals surface area contributed by atoms with Gasteiger partial charge in [0.2, 0.25) is 5.95 Å². The van der Waals surface area contributed by atoms with E-state index in [1.165, 1.54) is 12.1 Å². The molecule has 0 spiro atoms. The molecule has 0 aliphatic carbocycles. The lowest BCUT2D eigenvalue weighted by Crippen LogP contribution is -2.44. The van der Waals surface area contributed by atoms with Crippen molar-refractivity contribution in [2.75, 3.05) is 43.9 Å². The van der Waals surface area contributed by atoms with E-state index in [1.807, 2.05) is 25.8 Å². The Morgan fingerprint density at radius 3 is 2.45 bits per heavy atom. The predicted octanol–water partition coefficient (Wildman–Crippen LogP) is 5.37. The fraction of sp³-hybridized carbons (Fsp3) is 0.324. The van der Waals surface area contributed by atoms with E-state index in [0.717, 1.165) is 36.1 Å². The van der Waals surface area contributed by atoms with Gasteiger partial charge in [-0.15, -0.1) is 0 Å². The van der Waals surface area contributed by atoms with Gasteiger partial charge in [-0.2, -0.15) is 23.5 Å². The molecule has 1 aliphatic rings. The molecule has 0 unspecified atom stereocenters. The third-order valence-corrected chi connectivity index (χ3v) is 7.94. The second-order valence-electron chi connectivity index (χ2n) is 11.4. The Bertz CT molecular complexity index is 1840. The van der Waals surface area contributed by atoms with Gasteiger partial charge in [-0.3, -0.25) is 14.4 Å². The molecule has 1 amide bonds. The minimum atomic E-state index is -4.56. The summed E-state index contributed by atoms with van der Waals surface area (Å²) in [5.74, 6) is 5.85. The molecule has 2 aromatic heterocycles. The van der Waals surface area contributed by atoms with E-state index in [1.54, 1.807) is 41.5 Å². The number of piperazine rings is 1. The van der Waals surface area contributed by atoms with Crippen molar-refractivity contribution in [2.24, 2.45) is 0 Å². The number of nitriles is 1. The molecule has 242 valence electrons. The molecule has 3 heterocycles. The third-order valence-electron chi connectivity index (χ3n) is 7.94. The van der Waals surface area contributed by atoms with Crippen LogP contribution in [0.3, 0.4) is 0 Å². The number of benzene rings is 2. The Morgan fingerprint density at radius 2 is 1.74 bits per heavy atom.